The summed E-state index contributed by atoms with van der Waals surface area (Å²) in [6, 6.07) is 0. The molecule has 0 rings (SSSR count). The summed E-state index contributed by atoms with van der Waals surface area (Å²) in [5.74, 6) is 0. The summed E-state index contributed by atoms with van der Waals surface area (Å²) in [7, 11) is -4.09. The molecule has 0 aromatic heterocycles. The molecule has 0 aromatic rings. The van der Waals surface area contributed by atoms with Crippen LogP contribution in [-0.2, 0) is 10.1 Å². The zero-order valence-corrected chi connectivity index (χ0v) is 8.63. The summed E-state index contributed by atoms with van der Waals surface area (Å²) >= 11 is 0. The second kappa shape index (κ2) is 4.99. The monoisotopic (exact) mass is 202 g/mol. The van der Waals surface area contributed by atoms with E-state index in [0.717, 1.165) is 5.57 Å². The molecular weight excluding hydrogens is 188 g/mol. The summed E-state index contributed by atoms with van der Waals surface area (Å²) in [5.41, 5.74) is 0.769. The molecule has 1 N–H and O–H groups in total. The SMILES string of the molecule is C=C/C(=C\C(=C/C)S(=O)(=O)O)CC. The zero-order valence-electron chi connectivity index (χ0n) is 7.82. The van der Waals surface area contributed by atoms with E-state index in [2.05, 4.69) is 6.58 Å². The van der Waals surface area contributed by atoms with E-state index in [9.17, 15) is 8.42 Å². The fourth-order valence-electron chi connectivity index (χ4n) is 0.795. The van der Waals surface area contributed by atoms with Crippen molar-refractivity contribution in [1.82, 2.24) is 0 Å². The number of rotatable bonds is 4. The molecule has 0 heterocycles. The second-order valence-electron chi connectivity index (χ2n) is 2.44. The van der Waals surface area contributed by atoms with Crippen molar-refractivity contribution >= 4 is 10.1 Å². The van der Waals surface area contributed by atoms with Crippen LogP contribution in [0.1, 0.15) is 20.3 Å². The van der Waals surface area contributed by atoms with Crippen LogP contribution in [0.4, 0.5) is 0 Å². The molecule has 0 radical (unpaired) electrons. The third-order valence-corrected chi connectivity index (χ3v) is 2.53. The lowest BCUT2D eigenvalue weighted by molar-refractivity contribution is 0.492. The summed E-state index contributed by atoms with van der Waals surface area (Å²) in [6.45, 7) is 6.96. The van der Waals surface area contributed by atoms with E-state index in [1.165, 1.54) is 12.2 Å². The van der Waals surface area contributed by atoms with Gasteiger partial charge < -0.3 is 0 Å². The summed E-state index contributed by atoms with van der Waals surface area (Å²) in [4.78, 5) is -0.0933. The van der Waals surface area contributed by atoms with Crippen molar-refractivity contribution in [2.45, 2.75) is 20.3 Å². The maximum Gasteiger partial charge on any atom is 0.294 e. The smallest absolute Gasteiger partial charge is 0.282 e. The molecule has 0 amide bonds. The van der Waals surface area contributed by atoms with Crippen LogP contribution in [0.15, 0.2) is 35.3 Å². The van der Waals surface area contributed by atoms with Crippen LogP contribution in [0.5, 0.6) is 0 Å². The maximum atomic E-state index is 10.7. The van der Waals surface area contributed by atoms with Crippen molar-refractivity contribution < 1.29 is 13.0 Å². The Morgan fingerprint density at radius 2 is 2.08 bits per heavy atom. The molecule has 0 saturated carbocycles. The lowest BCUT2D eigenvalue weighted by Crippen LogP contribution is -1.99. The zero-order chi connectivity index (χ0) is 10.5. The van der Waals surface area contributed by atoms with Crippen molar-refractivity contribution in [2.75, 3.05) is 0 Å². The highest BCUT2D eigenvalue weighted by atomic mass is 32.2. The molecule has 0 spiro atoms. The van der Waals surface area contributed by atoms with Crippen LogP contribution in [-0.4, -0.2) is 13.0 Å². The van der Waals surface area contributed by atoms with Gasteiger partial charge in [0, 0.05) is 0 Å². The first-order valence-corrected chi connectivity index (χ1v) is 5.36. The highest BCUT2D eigenvalue weighted by Crippen LogP contribution is 2.11. The van der Waals surface area contributed by atoms with Gasteiger partial charge in [-0.25, -0.2) is 0 Å². The molecule has 0 fully saturated rings. The van der Waals surface area contributed by atoms with Crippen LogP contribution in [0.2, 0.25) is 0 Å². The molecule has 13 heavy (non-hydrogen) atoms. The number of hydrogen-bond donors (Lipinski definition) is 1. The Kier molecular flexibility index (Phi) is 4.66. The molecule has 0 atom stereocenters. The first-order valence-electron chi connectivity index (χ1n) is 3.92. The van der Waals surface area contributed by atoms with Gasteiger partial charge in [0.15, 0.2) is 0 Å². The summed E-state index contributed by atoms with van der Waals surface area (Å²) < 4.78 is 30.2. The molecule has 74 valence electrons. The van der Waals surface area contributed by atoms with Gasteiger partial charge in [0.05, 0.1) is 4.91 Å². The number of hydrogen-bond acceptors (Lipinski definition) is 2. The number of allylic oxidation sites excluding steroid dienone is 4. The Morgan fingerprint density at radius 3 is 2.31 bits per heavy atom. The normalized spacial score (nSPS) is 14.4. The van der Waals surface area contributed by atoms with E-state index in [0.29, 0.717) is 6.42 Å². The van der Waals surface area contributed by atoms with E-state index >= 15 is 0 Å². The summed E-state index contributed by atoms with van der Waals surface area (Å²) in [5, 5.41) is 0. The van der Waals surface area contributed by atoms with Gasteiger partial charge in [-0.2, -0.15) is 8.42 Å². The van der Waals surface area contributed by atoms with E-state index < -0.39 is 10.1 Å². The van der Waals surface area contributed by atoms with Gasteiger partial charge in [0.1, 0.15) is 0 Å². The lowest BCUT2D eigenvalue weighted by Gasteiger charge is -1.99. The molecule has 0 aliphatic heterocycles. The predicted molar refractivity (Wildman–Crippen MR) is 53.9 cm³/mol. The standard InChI is InChI=1S/C9H14O3S/c1-4-8(5-2)7-9(6-3)13(10,11)12/h4,6-7H,1,5H2,2-3H3,(H,10,11,12)/b8-7+,9-6+. The van der Waals surface area contributed by atoms with Crippen molar-refractivity contribution in [2.24, 2.45) is 0 Å². The van der Waals surface area contributed by atoms with Crippen LogP contribution in [0.25, 0.3) is 0 Å². The van der Waals surface area contributed by atoms with Crippen LogP contribution >= 0.6 is 0 Å². The minimum absolute atomic E-state index is 0.0933. The first kappa shape index (κ1) is 12.1. The summed E-state index contributed by atoms with van der Waals surface area (Å²) in [6.07, 6.45) is 4.99. The quantitative estimate of drug-likeness (QED) is 0.562. The Balaban J connectivity index is 5.07. The van der Waals surface area contributed by atoms with Crippen molar-refractivity contribution in [3.63, 3.8) is 0 Å². The third-order valence-electron chi connectivity index (χ3n) is 1.58. The Morgan fingerprint density at radius 1 is 1.54 bits per heavy atom. The second-order valence-corrected chi connectivity index (χ2v) is 3.86. The molecule has 0 unspecified atom stereocenters. The highest BCUT2D eigenvalue weighted by molar-refractivity contribution is 7.90. The molecule has 4 heteroatoms. The minimum Gasteiger partial charge on any atom is -0.282 e. The van der Waals surface area contributed by atoms with E-state index in [-0.39, 0.29) is 4.91 Å². The topological polar surface area (TPSA) is 54.4 Å². The first-order chi connectivity index (χ1) is 5.95. The van der Waals surface area contributed by atoms with Crippen LogP contribution < -0.4 is 0 Å². The molecule has 0 saturated heterocycles. The van der Waals surface area contributed by atoms with Crippen molar-refractivity contribution in [1.29, 1.82) is 0 Å². The lowest BCUT2D eigenvalue weighted by atomic mass is 10.2. The fraction of sp³-hybridized carbons (Fsp3) is 0.333. The fourth-order valence-corrected chi connectivity index (χ4v) is 1.39. The molecule has 0 aliphatic carbocycles. The Labute approximate surface area is 79.2 Å². The van der Waals surface area contributed by atoms with Gasteiger partial charge >= 0.3 is 0 Å². The van der Waals surface area contributed by atoms with Gasteiger partial charge in [-0.3, -0.25) is 4.55 Å². The van der Waals surface area contributed by atoms with Gasteiger partial charge in [-0.15, -0.1) is 0 Å². The van der Waals surface area contributed by atoms with E-state index in [1.54, 1.807) is 13.0 Å². The predicted octanol–water partition coefficient (Wildman–Crippen LogP) is 2.30. The van der Waals surface area contributed by atoms with Crippen LogP contribution in [0, 0.1) is 0 Å². The van der Waals surface area contributed by atoms with Crippen molar-refractivity contribution in [3.8, 4) is 0 Å². The van der Waals surface area contributed by atoms with Gasteiger partial charge in [-0.1, -0.05) is 25.7 Å². The molecule has 3 nitrogen and oxygen atoms in total. The largest absolute Gasteiger partial charge is 0.294 e. The molecular formula is C9H14O3S. The minimum atomic E-state index is -4.09. The average molecular weight is 202 g/mol. The highest BCUT2D eigenvalue weighted by Gasteiger charge is 2.09. The Bertz CT molecular complexity index is 334. The van der Waals surface area contributed by atoms with Gasteiger partial charge in [-0.05, 0) is 25.0 Å². The molecule has 0 aliphatic rings. The van der Waals surface area contributed by atoms with Crippen LogP contribution in [0.3, 0.4) is 0 Å². The van der Waals surface area contributed by atoms with Crippen molar-refractivity contribution in [3.05, 3.63) is 35.3 Å². The molecule has 0 bridgehead atoms. The van der Waals surface area contributed by atoms with Gasteiger partial charge in [0.25, 0.3) is 10.1 Å². The third kappa shape index (κ3) is 4.05. The van der Waals surface area contributed by atoms with E-state index in [4.69, 9.17) is 4.55 Å². The van der Waals surface area contributed by atoms with E-state index in [1.807, 2.05) is 6.92 Å². The van der Waals surface area contributed by atoms with Gasteiger partial charge in [0.2, 0.25) is 0 Å². The maximum absolute atomic E-state index is 10.7. The molecule has 0 aromatic carbocycles. The Hall–Kier alpha value is -0.870. The average Bonchev–Trinajstić information content (AvgIpc) is 2.04.